The van der Waals surface area contributed by atoms with Crippen molar-refractivity contribution >= 4 is 39.4 Å². The first-order valence-electron chi connectivity index (χ1n) is 5.22. The van der Waals surface area contributed by atoms with Crippen LogP contribution < -0.4 is 66.2 Å². The molecule has 0 N–H and O–H groups in total. The molecule has 2 aromatic rings. The maximum Gasteiger partial charge on any atom is 1.00 e. The fourth-order valence-electron chi connectivity index (χ4n) is 1.54. The largest absolute Gasteiger partial charge is 1.00 e. The van der Waals surface area contributed by atoms with Gasteiger partial charge >= 0.3 is 51.4 Å². The second kappa shape index (κ2) is 7.25. The smallest absolute Gasteiger partial charge is 0.792 e. The van der Waals surface area contributed by atoms with Crippen LogP contribution in [-0.2, 0) is 15.4 Å². The van der Waals surface area contributed by atoms with Crippen molar-refractivity contribution in [3.05, 3.63) is 41.3 Å². The molecular formula is C12H12KO3PS2. The van der Waals surface area contributed by atoms with E-state index in [0.29, 0.717) is 9.51 Å². The third kappa shape index (κ3) is 4.19. The first-order valence-corrected chi connectivity index (χ1v) is 9.28. The molecular weight excluding hydrogens is 326 g/mol. The van der Waals surface area contributed by atoms with Crippen LogP contribution in [0.15, 0.2) is 40.6 Å². The zero-order valence-electron chi connectivity index (χ0n) is 11.0. The molecule has 0 spiro atoms. The average molecular weight is 338 g/mol. The molecule has 0 bridgehead atoms. The van der Waals surface area contributed by atoms with Gasteiger partial charge in [0, 0.05) is 27.3 Å². The molecule has 0 aliphatic carbocycles. The van der Waals surface area contributed by atoms with E-state index in [-0.39, 0.29) is 56.7 Å². The van der Waals surface area contributed by atoms with Crippen LogP contribution in [0.4, 0.5) is 0 Å². The molecule has 0 aliphatic rings. The van der Waals surface area contributed by atoms with Gasteiger partial charge in [0.15, 0.2) is 0 Å². The predicted molar refractivity (Wildman–Crippen MR) is 74.7 cm³/mol. The van der Waals surface area contributed by atoms with E-state index >= 15 is 0 Å². The molecule has 7 heteroatoms. The average Bonchev–Trinajstić information content (AvgIpc) is 2.77. The van der Waals surface area contributed by atoms with Gasteiger partial charge in [-0.05, 0) is 36.1 Å². The molecule has 96 valence electrons. The molecule has 0 aliphatic heterocycles. The van der Waals surface area contributed by atoms with E-state index in [4.69, 9.17) is 0 Å². The summed E-state index contributed by atoms with van der Waals surface area (Å²) in [4.78, 5) is 12.9. The monoisotopic (exact) mass is 338 g/mol. The zero-order chi connectivity index (χ0) is 13.3. The van der Waals surface area contributed by atoms with E-state index in [0.717, 1.165) is 5.56 Å². The molecule has 1 aromatic carbocycles. The Morgan fingerprint density at radius 1 is 1.32 bits per heavy atom. The molecule has 1 aromatic heterocycles. The summed E-state index contributed by atoms with van der Waals surface area (Å²) in [6.07, 6.45) is 1.53. The van der Waals surface area contributed by atoms with E-state index in [2.05, 4.69) is 0 Å². The third-order valence-corrected chi connectivity index (χ3v) is 6.97. The summed E-state index contributed by atoms with van der Waals surface area (Å²) >= 11 is 1.21. The summed E-state index contributed by atoms with van der Waals surface area (Å²) in [7, 11) is -4.99. The van der Waals surface area contributed by atoms with Crippen molar-refractivity contribution in [2.75, 3.05) is 6.26 Å². The van der Waals surface area contributed by atoms with Crippen LogP contribution in [-0.4, -0.2) is 10.5 Å². The number of rotatable bonds is 3. The quantitative estimate of drug-likeness (QED) is 0.500. The normalized spacial score (nSPS) is 15.3. The van der Waals surface area contributed by atoms with Crippen LogP contribution in [0.25, 0.3) is 0 Å². The molecule has 2 rings (SSSR count). The first kappa shape index (κ1) is 17.9. The number of hydrogen-bond acceptors (Lipinski definition) is 4. The standard InChI is InChI=1S/C12H13O3PS2.K/c1-9-6-12(17-8-9)16(13,14)10-4-3-5-11(7-10)18(2)15;/h3-8H,1-2H3,(H,13,14);/q;+1/p-1. The molecule has 0 radical (unpaired) electrons. The maximum atomic E-state index is 12.4. The maximum absolute atomic E-state index is 12.4. The van der Waals surface area contributed by atoms with Crippen molar-refractivity contribution in [3.8, 4) is 0 Å². The van der Waals surface area contributed by atoms with Gasteiger partial charge in [0.2, 0.25) is 0 Å². The van der Waals surface area contributed by atoms with E-state index in [1.807, 2.05) is 12.3 Å². The molecule has 0 amide bonds. The minimum atomic E-state index is -3.81. The van der Waals surface area contributed by atoms with E-state index in [1.54, 1.807) is 24.3 Å². The predicted octanol–water partition coefficient (Wildman–Crippen LogP) is -1.61. The summed E-state index contributed by atoms with van der Waals surface area (Å²) in [6.45, 7) is 1.86. The van der Waals surface area contributed by atoms with Gasteiger partial charge in [-0.1, -0.05) is 12.1 Å². The van der Waals surface area contributed by atoms with Gasteiger partial charge in [0.05, 0.1) is 12.0 Å². The number of benzene rings is 1. The van der Waals surface area contributed by atoms with E-state index < -0.39 is 18.2 Å². The topological polar surface area (TPSA) is 57.2 Å². The summed E-state index contributed by atoms with van der Waals surface area (Å²) in [5.74, 6) is 0. The SMILES string of the molecule is Cc1csc(P(=O)([O-])c2cccc(S(C)=O)c2)c1.[K+]. The minimum absolute atomic E-state index is 0. The Morgan fingerprint density at radius 2 is 2.00 bits per heavy atom. The molecule has 1 heterocycles. The fourth-order valence-corrected chi connectivity index (χ4v) is 5.07. The van der Waals surface area contributed by atoms with Gasteiger partial charge in [-0.15, -0.1) is 11.3 Å². The molecule has 0 saturated heterocycles. The van der Waals surface area contributed by atoms with Gasteiger partial charge in [0.25, 0.3) is 0 Å². The van der Waals surface area contributed by atoms with Crippen molar-refractivity contribution in [2.24, 2.45) is 0 Å². The van der Waals surface area contributed by atoms with Crippen LogP contribution in [0.2, 0.25) is 0 Å². The fraction of sp³-hybridized carbons (Fsp3) is 0.167. The van der Waals surface area contributed by atoms with Crippen molar-refractivity contribution in [2.45, 2.75) is 11.8 Å². The van der Waals surface area contributed by atoms with Gasteiger partial charge in [-0.3, -0.25) is 4.21 Å². The molecule has 2 unspecified atom stereocenters. The summed E-state index contributed by atoms with van der Waals surface area (Å²) in [5, 5.41) is 2.03. The zero-order valence-corrected chi connectivity index (χ0v) is 16.6. The molecule has 0 fully saturated rings. The van der Waals surface area contributed by atoms with Gasteiger partial charge in [-0.2, -0.15) is 0 Å². The van der Waals surface area contributed by atoms with E-state index in [1.165, 1.54) is 23.7 Å². The van der Waals surface area contributed by atoms with Crippen LogP contribution in [0.5, 0.6) is 0 Å². The Bertz CT molecular complexity index is 654. The second-order valence-corrected chi connectivity index (χ2v) is 8.66. The van der Waals surface area contributed by atoms with E-state index in [9.17, 15) is 13.7 Å². The van der Waals surface area contributed by atoms with Gasteiger partial charge in [0.1, 0.15) is 0 Å². The Hall–Kier alpha value is 0.896. The van der Waals surface area contributed by atoms with Crippen molar-refractivity contribution in [3.63, 3.8) is 0 Å². The number of thiophene rings is 1. The summed E-state index contributed by atoms with van der Waals surface area (Å²) in [5.41, 5.74) is 0.932. The number of aryl methyl sites for hydroxylation is 1. The molecule has 2 atom stereocenters. The molecule has 0 saturated carbocycles. The minimum Gasteiger partial charge on any atom is -0.792 e. The van der Waals surface area contributed by atoms with Gasteiger partial charge < -0.3 is 9.46 Å². The Morgan fingerprint density at radius 3 is 2.53 bits per heavy atom. The first-order chi connectivity index (χ1) is 8.41. The van der Waals surface area contributed by atoms with Crippen molar-refractivity contribution in [1.82, 2.24) is 0 Å². The van der Waals surface area contributed by atoms with Crippen LogP contribution >= 0.6 is 18.7 Å². The van der Waals surface area contributed by atoms with Crippen LogP contribution in [0.1, 0.15) is 5.56 Å². The Kier molecular flexibility index (Phi) is 6.85. The van der Waals surface area contributed by atoms with Gasteiger partial charge in [-0.25, -0.2) is 0 Å². The van der Waals surface area contributed by atoms with Crippen molar-refractivity contribution < 1.29 is 65.1 Å². The summed E-state index contributed by atoms with van der Waals surface area (Å²) < 4.78 is 24.1. The second-order valence-electron chi connectivity index (χ2n) is 3.97. The van der Waals surface area contributed by atoms with Crippen molar-refractivity contribution in [1.29, 1.82) is 0 Å². The number of hydrogen-bond donors (Lipinski definition) is 0. The van der Waals surface area contributed by atoms with Crippen LogP contribution in [0.3, 0.4) is 0 Å². The van der Waals surface area contributed by atoms with Crippen LogP contribution in [0, 0.1) is 6.92 Å². The Balaban J connectivity index is 0.00000180. The molecule has 3 nitrogen and oxygen atoms in total. The Labute approximate surface area is 161 Å². The molecule has 19 heavy (non-hydrogen) atoms. The third-order valence-electron chi connectivity index (χ3n) is 2.50. The summed E-state index contributed by atoms with van der Waals surface area (Å²) in [6, 6.07) is 7.97.